The van der Waals surface area contributed by atoms with Gasteiger partial charge in [-0.15, -0.1) is 12.3 Å². The highest BCUT2D eigenvalue weighted by Gasteiger charge is 2.21. The Labute approximate surface area is 190 Å². The number of amides is 1. The number of ether oxygens (including phenoxy) is 2. The minimum Gasteiger partial charge on any atom is -0.466 e. The molecule has 1 aromatic carbocycles. The number of benzene rings is 1. The summed E-state index contributed by atoms with van der Waals surface area (Å²) in [6.07, 6.45) is 5.65. The number of carbonyl (C=O) groups excluding carboxylic acids is 4. The van der Waals surface area contributed by atoms with Crippen molar-refractivity contribution in [1.82, 2.24) is 0 Å². The lowest BCUT2D eigenvalue weighted by Gasteiger charge is -2.20. The molecule has 0 heterocycles. The van der Waals surface area contributed by atoms with Gasteiger partial charge in [-0.3, -0.25) is 19.7 Å². The first-order chi connectivity index (χ1) is 15.0. The molecule has 0 bridgehead atoms. The summed E-state index contributed by atoms with van der Waals surface area (Å²) in [6, 6.07) is 6.93. The third kappa shape index (κ3) is 11.3. The maximum atomic E-state index is 12.5. The third-order valence-electron chi connectivity index (χ3n) is 4.44. The first-order valence-corrected chi connectivity index (χ1v) is 10.8. The lowest BCUT2D eigenvalue weighted by molar-refractivity contribution is -0.144. The maximum Gasteiger partial charge on any atom is 0.412 e. The highest BCUT2D eigenvalue weighted by Crippen LogP contribution is 2.27. The van der Waals surface area contributed by atoms with Gasteiger partial charge in [-0.1, -0.05) is 12.1 Å². The molecular weight excluding hydrogens is 410 g/mol. The van der Waals surface area contributed by atoms with E-state index in [0.29, 0.717) is 12.1 Å². The van der Waals surface area contributed by atoms with E-state index < -0.39 is 17.7 Å². The van der Waals surface area contributed by atoms with Crippen molar-refractivity contribution in [1.29, 1.82) is 0 Å². The predicted molar refractivity (Wildman–Crippen MR) is 122 cm³/mol. The molecular formula is C25H33NO6. The van der Waals surface area contributed by atoms with Crippen molar-refractivity contribution in [3.8, 4) is 12.3 Å². The lowest BCUT2D eigenvalue weighted by Crippen LogP contribution is -2.27. The monoisotopic (exact) mass is 443 g/mol. The molecule has 7 nitrogen and oxygen atoms in total. The van der Waals surface area contributed by atoms with Crippen LogP contribution in [0.4, 0.5) is 10.5 Å². The van der Waals surface area contributed by atoms with E-state index >= 15 is 0 Å². The van der Waals surface area contributed by atoms with Crippen LogP contribution in [0.2, 0.25) is 0 Å². The highest BCUT2D eigenvalue weighted by atomic mass is 16.6. The first-order valence-electron chi connectivity index (χ1n) is 10.8. The standard InChI is InChI=1S/C25H33NO6/c1-6-8-9-21(27)16-19(17-22(28)14-15-23(29)31-7-2)18-10-12-20(13-11-18)26-24(30)32-25(3,4)5/h1,10-13,19H,7-9,14-17H2,2-5H3,(H,26,30). The average Bonchev–Trinajstić information content (AvgIpc) is 2.69. The van der Waals surface area contributed by atoms with Gasteiger partial charge in [-0.05, 0) is 51.3 Å². The van der Waals surface area contributed by atoms with Gasteiger partial charge in [0, 0.05) is 37.8 Å². The molecule has 0 saturated heterocycles. The van der Waals surface area contributed by atoms with E-state index in [0.717, 1.165) is 5.56 Å². The molecule has 32 heavy (non-hydrogen) atoms. The number of carbonyl (C=O) groups is 4. The van der Waals surface area contributed by atoms with Crippen molar-refractivity contribution in [3.05, 3.63) is 29.8 Å². The van der Waals surface area contributed by atoms with Crippen LogP contribution in [0.5, 0.6) is 0 Å². The van der Waals surface area contributed by atoms with Gasteiger partial charge in [0.25, 0.3) is 0 Å². The lowest BCUT2D eigenvalue weighted by atomic mass is 9.87. The summed E-state index contributed by atoms with van der Waals surface area (Å²) in [5.74, 6) is 1.54. The number of ketones is 2. The second-order valence-corrected chi connectivity index (χ2v) is 8.44. The van der Waals surface area contributed by atoms with Crippen molar-refractivity contribution in [2.45, 2.75) is 77.7 Å². The van der Waals surface area contributed by atoms with Crippen LogP contribution in [0.3, 0.4) is 0 Å². The van der Waals surface area contributed by atoms with Crippen molar-refractivity contribution < 1.29 is 28.7 Å². The van der Waals surface area contributed by atoms with E-state index in [4.69, 9.17) is 15.9 Å². The average molecular weight is 444 g/mol. The topological polar surface area (TPSA) is 98.8 Å². The SMILES string of the molecule is C#CCCC(=O)CC(CC(=O)CCC(=O)OCC)c1ccc(NC(=O)OC(C)(C)C)cc1. The minimum atomic E-state index is -0.613. The second kappa shape index (κ2) is 13.3. The Hall–Kier alpha value is -3.14. The van der Waals surface area contributed by atoms with Crippen LogP contribution in [-0.2, 0) is 23.9 Å². The van der Waals surface area contributed by atoms with Gasteiger partial charge in [0.2, 0.25) is 0 Å². The van der Waals surface area contributed by atoms with Gasteiger partial charge in [-0.25, -0.2) is 4.79 Å². The number of hydrogen-bond acceptors (Lipinski definition) is 6. The molecule has 174 valence electrons. The van der Waals surface area contributed by atoms with Gasteiger partial charge in [0.1, 0.15) is 17.2 Å². The molecule has 0 fully saturated rings. The Morgan fingerprint density at radius 1 is 1.00 bits per heavy atom. The molecule has 0 aliphatic heterocycles. The third-order valence-corrected chi connectivity index (χ3v) is 4.44. The van der Waals surface area contributed by atoms with Gasteiger partial charge in [0.15, 0.2) is 0 Å². The Morgan fingerprint density at radius 3 is 2.12 bits per heavy atom. The molecule has 7 heteroatoms. The van der Waals surface area contributed by atoms with Crippen molar-refractivity contribution in [2.24, 2.45) is 0 Å². The molecule has 0 saturated carbocycles. The minimum absolute atomic E-state index is 0.0170. The highest BCUT2D eigenvalue weighted by molar-refractivity contribution is 5.86. The van der Waals surface area contributed by atoms with E-state index in [-0.39, 0.29) is 56.2 Å². The fourth-order valence-electron chi connectivity index (χ4n) is 3.01. The number of Topliss-reactive ketones (excluding diaryl/α,β-unsaturated/α-hetero) is 2. The number of esters is 1. The number of nitrogens with one attached hydrogen (secondary N) is 1. The van der Waals surface area contributed by atoms with Gasteiger partial charge in [0.05, 0.1) is 13.0 Å². The summed E-state index contributed by atoms with van der Waals surface area (Å²) in [7, 11) is 0. The predicted octanol–water partition coefficient (Wildman–Crippen LogP) is 4.79. The Bertz CT molecular complexity index is 829. The summed E-state index contributed by atoms with van der Waals surface area (Å²) in [5.41, 5.74) is 0.713. The summed E-state index contributed by atoms with van der Waals surface area (Å²) < 4.78 is 10.1. The van der Waals surface area contributed by atoms with Crippen LogP contribution in [0.1, 0.15) is 77.7 Å². The van der Waals surface area contributed by atoms with E-state index in [1.165, 1.54) is 0 Å². The zero-order chi connectivity index (χ0) is 24.1. The smallest absolute Gasteiger partial charge is 0.412 e. The van der Waals surface area contributed by atoms with Crippen LogP contribution < -0.4 is 5.32 Å². The molecule has 1 N–H and O–H groups in total. The quantitative estimate of drug-likeness (QED) is 0.368. The molecule has 1 atom stereocenters. The molecule has 0 aromatic heterocycles. The number of rotatable bonds is 12. The fraction of sp³-hybridized carbons (Fsp3) is 0.520. The Kier molecular flexibility index (Phi) is 11.2. The first kappa shape index (κ1) is 26.9. The molecule has 0 aliphatic carbocycles. The molecule has 1 rings (SSSR count). The van der Waals surface area contributed by atoms with E-state index in [9.17, 15) is 19.2 Å². The molecule has 0 aliphatic rings. The summed E-state index contributed by atoms with van der Waals surface area (Å²) in [4.78, 5) is 48.2. The fourth-order valence-corrected chi connectivity index (χ4v) is 3.01. The summed E-state index contributed by atoms with van der Waals surface area (Å²) >= 11 is 0. The number of terminal acetylenes is 1. The Morgan fingerprint density at radius 2 is 1.59 bits per heavy atom. The number of hydrogen-bond donors (Lipinski definition) is 1. The van der Waals surface area contributed by atoms with E-state index in [1.54, 1.807) is 52.0 Å². The van der Waals surface area contributed by atoms with Crippen LogP contribution in [0.25, 0.3) is 0 Å². The van der Waals surface area contributed by atoms with E-state index in [1.807, 2.05) is 0 Å². The molecule has 1 aromatic rings. The summed E-state index contributed by atoms with van der Waals surface area (Å²) in [6.45, 7) is 7.30. The largest absolute Gasteiger partial charge is 0.466 e. The molecule has 1 amide bonds. The zero-order valence-corrected chi connectivity index (χ0v) is 19.4. The van der Waals surface area contributed by atoms with Crippen LogP contribution >= 0.6 is 0 Å². The van der Waals surface area contributed by atoms with Crippen molar-refractivity contribution in [3.63, 3.8) is 0 Å². The van der Waals surface area contributed by atoms with Gasteiger partial charge in [-0.2, -0.15) is 0 Å². The summed E-state index contributed by atoms with van der Waals surface area (Å²) in [5, 5.41) is 2.65. The van der Waals surface area contributed by atoms with Gasteiger partial charge < -0.3 is 9.47 Å². The van der Waals surface area contributed by atoms with Crippen LogP contribution in [-0.4, -0.2) is 35.8 Å². The normalized spacial score (nSPS) is 11.7. The van der Waals surface area contributed by atoms with Crippen molar-refractivity contribution in [2.75, 3.05) is 11.9 Å². The maximum absolute atomic E-state index is 12.5. The van der Waals surface area contributed by atoms with Crippen molar-refractivity contribution >= 4 is 29.3 Å². The zero-order valence-electron chi connectivity index (χ0n) is 19.4. The second-order valence-electron chi connectivity index (χ2n) is 8.44. The molecule has 1 unspecified atom stereocenters. The molecule has 0 radical (unpaired) electrons. The van der Waals surface area contributed by atoms with Gasteiger partial charge >= 0.3 is 12.1 Å². The molecule has 0 spiro atoms. The van der Waals surface area contributed by atoms with Crippen LogP contribution in [0.15, 0.2) is 24.3 Å². The Balaban J connectivity index is 2.85. The van der Waals surface area contributed by atoms with Crippen LogP contribution in [0, 0.1) is 12.3 Å². The van der Waals surface area contributed by atoms with E-state index in [2.05, 4.69) is 11.2 Å². The number of anilines is 1.